The van der Waals surface area contributed by atoms with Crippen molar-refractivity contribution in [3.05, 3.63) is 29.3 Å². The molecule has 3 rings (SSSR count). The normalized spacial score (nSPS) is 37.3. The van der Waals surface area contributed by atoms with Gasteiger partial charge in [0, 0.05) is 11.0 Å². The fourth-order valence-electron chi connectivity index (χ4n) is 3.22. The summed E-state index contributed by atoms with van der Waals surface area (Å²) < 4.78 is 5.29. The standard InChI is InChI=1S/C15H16O6/c1-7-13(2,3)14(19)11(17)8-5-4-6-9(16)10(8)12(18)15(14,20)21-7/h4-7,16,19-20H,1-3H3/t7-,14-,15+/m0/s1. The average Bonchev–Trinajstić information content (AvgIpc) is 2.56. The van der Waals surface area contributed by atoms with Crippen LogP contribution >= 0.6 is 0 Å². The Hall–Kier alpha value is -1.76. The number of rotatable bonds is 0. The van der Waals surface area contributed by atoms with Crippen LogP contribution in [-0.2, 0) is 4.74 Å². The van der Waals surface area contributed by atoms with Crippen LogP contribution in [0.3, 0.4) is 0 Å². The second-order valence-electron chi connectivity index (χ2n) is 6.19. The summed E-state index contributed by atoms with van der Waals surface area (Å²) >= 11 is 0. The van der Waals surface area contributed by atoms with E-state index in [0.29, 0.717) is 0 Å². The molecule has 0 spiro atoms. The molecular formula is C15H16O6. The fourth-order valence-corrected chi connectivity index (χ4v) is 3.22. The Labute approximate surface area is 121 Å². The van der Waals surface area contributed by atoms with Gasteiger partial charge in [0.1, 0.15) is 5.75 Å². The van der Waals surface area contributed by atoms with Gasteiger partial charge in [0.15, 0.2) is 5.60 Å². The van der Waals surface area contributed by atoms with Gasteiger partial charge < -0.3 is 20.1 Å². The molecule has 0 amide bonds. The van der Waals surface area contributed by atoms with Crippen LogP contribution in [-0.4, -0.2) is 44.4 Å². The molecule has 1 aromatic carbocycles. The predicted molar refractivity (Wildman–Crippen MR) is 71.0 cm³/mol. The van der Waals surface area contributed by atoms with Gasteiger partial charge in [0.05, 0.1) is 11.7 Å². The summed E-state index contributed by atoms with van der Waals surface area (Å²) in [6.45, 7) is 4.67. The lowest BCUT2D eigenvalue weighted by Crippen LogP contribution is -2.68. The molecule has 0 radical (unpaired) electrons. The molecule has 21 heavy (non-hydrogen) atoms. The zero-order valence-electron chi connectivity index (χ0n) is 11.9. The third kappa shape index (κ3) is 1.28. The zero-order chi connectivity index (χ0) is 15.8. The molecule has 1 saturated heterocycles. The number of Topliss-reactive ketones (excluding diaryl/α,β-unsaturated/α-hetero) is 2. The third-order valence-electron chi connectivity index (χ3n) is 4.94. The molecule has 0 unspecified atom stereocenters. The van der Waals surface area contributed by atoms with Gasteiger partial charge in [0.25, 0.3) is 5.79 Å². The molecule has 3 N–H and O–H groups in total. The first-order valence-corrected chi connectivity index (χ1v) is 6.63. The largest absolute Gasteiger partial charge is 0.507 e. The maximum absolute atomic E-state index is 12.7. The predicted octanol–water partition coefficient (Wildman–Crippen LogP) is 0.636. The molecule has 2 aliphatic rings. The summed E-state index contributed by atoms with van der Waals surface area (Å²) in [4.78, 5) is 25.3. The number of phenolic OH excluding ortho intramolecular Hbond substituents is 1. The zero-order valence-corrected chi connectivity index (χ0v) is 11.9. The number of ketones is 2. The van der Waals surface area contributed by atoms with Crippen molar-refractivity contribution in [3.63, 3.8) is 0 Å². The van der Waals surface area contributed by atoms with Crippen molar-refractivity contribution in [2.45, 2.75) is 38.3 Å². The Morgan fingerprint density at radius 1 is 1.14 bits per heavy atom. The Balaban J connectivity index is 2.38. The van der Waals surface area contributed by atoms with Crippen molar-refractivity contribution in [2.24, 2.45) is 5.41 Å². The molecule has 0 saturated carbocycles. The van der Waals surface area contributed by atoms with E-state index in [1.165, 1.54) is 18.2 Å². The fraction of sp³-hybridized carbons (Fsp3) is 0.467. The van der Waals surface area contributed by atoms with Crippen molar-refractivity contribution in [1.82, 2.24) is 0 Å². The lowest BCUT2D eigenvalue weighted by atomic mass is 9.62. The quantitative estimate of drug-likeness (QED) is 0.648. The number of phenols is 1. The first kappa shape index (κ1) is 14.2. The van der Waals surface area contributed by atoms with Gasteiger partial charge in [-0.1, -0.05) is 26.0 Å². The highest BCUT2D eigenvalue weighted by Crippen LogP contribution is 2.56. The van der Waals surface area contributed by atoms with Crippen molar-refractivity contribution < 1.29 is 29.6 Å². The van der Waals surface area contributed by atoms with Gasteiger partial charge >= 0.3 is 0 Å². The number of hydrogen-bond donors (Lipinski definition) is 3. The summed E-state index contributed by atoms with van der Waals surface area (Å²) in [6, 6.07) is 3.98. The second kappa shape index (κ2) is 3.71. The van der Waals surface area contributed by atoms with E-state index >= 15 is 0 Å². The van der Waals surface area contributed by atoms with E-state index in [9.17, 15) is 24.9 Å². The monoisotopic (exact) mass is 292 g/mol. The number of benzene rings is 1. The van der Waals surface area contributed by atoms with Crippen LogP contribution in [0.5, 0.6) is 5.75 Å². The highest BCUT2D eigenvalue weighted by molar-refractivity contribution is 6.23. The van der Waals surface area contributed by atoms with Crippen LogP contribution in [0.4, 0.5) is 0 Å². The number of ether oxygens (including phenoxy) is 1. The molecule has 0 bridgehead atoms. The summed E-state index contributed by atoms with van der Waals surface area (Å²) in [5.41, 5.74) is -4.02. The van der Waals surface area contributed by atoms with Crippen LogP contribution in [0, 0.1) is 5.41 Å². The molecule has 1 heterocycles. The van der Waals surface area contributed by atoms with Crippen molar-refractivity contribution in [3.8, 4) is 5.75 Å². The topological polar surface area (TPSA) is 104 Å². The molecular weight excluding hydrogens is 276 g/mol. The molecule has 0 aromatic heterocycles. The molecule has 6 heteroatoms. The molecule has 1 fully saturated rings. The van der Waals surface area contributed by atoms with Crippen molar-refractivity contribution in [2.75, 3.05) is 0 Å². The number of carbonyl (C=O) groups excluding carboxylic acids is 2. The molecule has 112 valence electrons. The van der Waals surface area contributed by atoms with Gasteiger partial charge in [-0.2, -0.15) is 0 Å². The van der Waals surface area contributed by atoms with Gasteiger partial charge in [-0.25, -0.2) is 0 Å². The maximum atomic E-state index is 12.7. The molecule has 6 nitrogen and oxygen atoms in total. The molecule has 1 aromatic rings. The van der Waals surface area contributed by atoms with Crippen molar-refractivity contribution >= 4 is 11.6 Å². The van der Waals surface area contributed by atoms with Crippen LogP contribution in [0.25, 0.3) is 0 Å². The van der Waals surface area contributed by atoms with E-state index in [0.717, 1.165) is 0 Å². The van der Waals surface area contributed by atoms with Crippen LogP contribution < -0.4 is 0 Å². The summed E-state index contributed by atoms with van der Waals surface area (Å²) in [6.07, 6.45) is -0.739. The minimum Gasteiger partial charge on any atom is -0.507 e. The first-order chi connectivity index (χ1) is 9.59. The van der Waals surface area contributed by atoms with Crippen LogP contribution in [0.1, 0.15) is 41.5 Å². The van der Waals surface area contributed by atoms with E-state index in [-0.39, 0.29) is 11.1 Å². The molecule has 1 aliphatic carbocycles. The number of fused-ring (bicyclic) bond motifs is 2. The molecule has 3 atom stereocenters. The van der Waals surface area contributed by atoms with Crippen LogP contribution in [0.15, 0.2) is 18.2 Å². The maximum Gasteiger partial charge on any atom is 0.269 e. The third-order valence-corrected chi connectivity index (χ3v) is 4.94. The van der Waals surface area contributed by atoms with E-state index in [2.05, 4.69) is 0 Å². The lowest BCUT2D eigenvalue weighted by Gasteiger charge is -2.43. The summed E-state index contributed by atoms with van der Waals surface area (Å²) in [5.74, 6) is -4.96. The van der Waals surface area contributed by atoms with E-state index in [1.807, 2.05) is 0 Å². The van der Waals surface area contributed by atoms with Gasteiger partial charge in [0.2, 0.25) is 11.6 Å². The number of hydrogen-bond acceptors (Lipinski definition) is 6. The van der Waals surface area contributed by atoms with E-state index in [1.54, 1.807) is 20.8 Å². The lowest BCUT2D eigenvalue weighted by molar-refractivity contribution is -0.214. The molecule has 1 aliphatic heterocycles. The average molecular weight is 292 g/mol. The highest BCUT2D eigenvalue weighted by Gasteiger charge is 2.77. The van der Waals surface area contributed by atoms with Gasteiger partial charge in [-0.3, -0.25) is 9.59 Å². The number of carbonyl (C=O) groups is 2. The SMILES string of the molecule is C[C@@H]1O[C@]2(O)C(=O)c3c(O)cccc3C(=O)[C@]2(O)C1(C)C. The summed E-state index contributed by atoms with van der Waals surface area (Å²) in [5, 5.41) is 31.4. The second-order valence-corrected chi connectivity index (χ2v) is 6.19. The van der Waals surface area contributed by atoms with Crippen molar-refractivity contribution in [1.29, 1.82) is 0 Å². The van der Waals surface area contributed by atoms with E-state index < -0.39 is 40.2 Å². The Kier molecular flexibility index (Phi) is 2.50. The Morgan fingerprint density at radius 3 is 2.38 bits per heavy atom. The minimum atomic E-state index is -2.70. The summed E-state index contributed by atoms with van der Waals surface area (Å²) in [7, 11) is 0. The number of aromatic hydroxyl groups is 1. The minimum absolute atomic E-state index is 0.113. The van der Waals surface area contributed by atoms with Gasteiger partial charge in [-0.05, 0) is 13.0 Å². The first-order valence-electron chi connectivity index (χ1n) is 6.63. The van der Waals surface area contributed by atoms with Crippen LogP contribution in [0.2, 0.25) is 0 Å². The number of aliphatic hydroxyl groups is 2. The Bertz CT molecular complexity index is 679. The highest BCUT2D eigenvalue weighted by atomic mass is 16.7. The Morgan fingerprint density at radius 2 is 1.76 bits per heavy atom. The smallest absolute Gasteiger partial charge is 0.269 e. The van der Waals surface area contributed by atoms with E-state index in [4.69, 9.17) is 4.74 Å². The van der Waals surface area contributed by atoms with Gasteiger partial charge in [-0.15, -0.1) is 0 Å².